The molecule has 0 fully saturated rings. The first-order valence-corrected chi connectivity index (χ1v) is 6.96. The van der Waals surface area contributed by atoms with Crippen LogP contribution in [0.4, 0.5) is 0 Å². The first-order valence-electron chi connectivity index (χ1n) is 6.96. The van der Waals surface area contributed by atoms with Gasteiger partial charge in [-0.05, 0) is 43.7 Å². The number of hydrogen-bond donors (Lipinski definition) is 2. The molecule has 2 aromatic rings. The van der Waals surface area contributed by atoms with Crippen LogP contribution in [0.3, 0.4) is 0 Å². The molecular weight excluding hydrogens is 268 g/mol. The Labute approximate surface area is 124 Å². The van der Waals surface area contributed by atoms with E-state index in [0.717, 1.165) is 11.3 Å². The molecule has 1 atom stereocenters. The SMILES string of the molecule is CCOc1ccc(C(C)NC(=O)c2ccc(CN)o2)cc1. The Balaban J connectivity index is 1.99. The second-order valence-corrected chi connectivity index (χ2v) is 4.67. The van der Waals surface area contributed by atoms with Crippen LogP contribution in [-0.4, -0.2) is 12.5 Å². The minimum absolute atomic E-state index is 0.125. The monoisotopic (exact) mass is 288 g/mol. The minimum atomic E-state index is -0.254. The second kappa shape index (κ2) is 6.95. The molecule has 5 nitrogen and oxygen atoms in total. The zero-order valence-electron chi connectivity index (χ0n) is 12.3. The number of hydrogen-bond acceptors (Lipinski definition) is 4. The van der Waals surface area contributed by atoms with Crippen LogP contribution in [-0.2, 0) is 6.54 Å². The summed E-state index contributed by atoms with van der Waals surface area (Å²) in [5.41, 5.74) is 6.45. The van der Waals surface area contributed by atoms with Gasteiger partial charge in [0, 0.05) is 0 Å². The molecule has 0 saturated heterocycles. The van der Waals surface area contributed by atoms with Crippen molar-refractivity contribution in [1.29, 1.82) is 0 Å². The van der Waals surface area contributed by atoms with Gasteiger partial charge in [-0.15, -0.1) is 0 Å². The highest BCUT2D eigenvalue weighted by atomic mass is 16.5. The van der Waals surface area contributed by atoms with Gasteiger partial charge >= 0.3 is 0 Å². The van der Waals surface area contributed by atoms with Crippen LogP contribution in [0.1, 0.15) is 41.8 Å². The fraction of sp³-hybridized carbons (Fsp3) is 0.312. The van der Waals surface area contributed by atoms with Crippen LogP contribution >= 0.6 is 0 Å². The van der Waals surface area contributed by atoms with Crippen LogP contribution in [0, 0.1) is 0 Å². The molecule has 21 heavy (non-hydrogen) atoms. The van der Waals surface area contributed by atoms with E-state index in [1.54, 1.807) is 12.1 Å². The number of nitrogens with two attached hydrogens (primary N) is 1. The number of carbonyl (C=O) groups is 1. The molecule has 0 aliphatic heterocycles. The molecule has 1 unspecified atom stereocenters. The van der Waals surface area contributed by atoms with E-state index in [9.17, 15) is 4.79 Å². The van der Waals surface area contributed by atoms with Gasteiger partial charge in [0.2, 0.25) is 0 Å². The number of furan rings is 1. The molecule has 0 saturated carbocycles. The lowest BCUT2D eigenvalue weighted by Crippen LogP contribution is -2.26. The zero-order valence-corrected chi connectivity index (χ0v) is 12.3. The third-order valence-corrected chi connectivity index (χ3v) is 3.13. The number of ether oxygens (including phenoxy) is 1. The highest BCUT2D eigenvalue weighted by Crippen LogP contribution is 2.18. The summed E-state index contributed by atoms with van der Waals surface area (Å²) in [6.07, 6.45) is 0. The van der Waals surface area contributed by atoms with E-state index < -0.39 is 0 Å². The Bertz CT molecular complexity index is 590. The van der Waals surface area contributed by atoms with Crippen molar-refractivity contribution in [2.45, 2.75) is 26.4 Å². The van der Waals surface area contributed by atoms with Crippen molar-refractivity contribution in [3.05, 3.63) is 53.5 Å². The maximum Gasteiger partial charge on any atom is 0.287 e. The molecule has 2 rings (SSSR count). The summed E-state index contributed by atoms with van der Waals surface area (Å²) in [6.45, 7) is 4.77. The van der Waals surface area contributed by atoms with Crippen LogP contribution in [0.2, 0.25) is 0 Å². The van der Waals surface area contributed by atoms with Gasteiger partial charge in [-0.1, -0.05) is 12.1 Å². The van der Waals surface area contributed by atoms with Crippen molar-refractivity contribution in [2.75, 3.05) is 6.61 Å². The van der Waals surface area contributed by atoms with E-state index in [4.69, 9.17) is 14.9 Å². The molecule has 1 heterocycles. The van der Waals surface area contributed by atoms with Crippen molar-refractivity contribution >= 4 is 5.91 Å². The minimum Gasteiger partial charge on any atom is -0.494 e. The van der Waals surface area contributed by atoms with Gasteiger partial charge in [0.25, 0.3) is 5.91 Å². The van der Waals surface area contributed by atoms with E-state index in [-0.39, 0.29) is 24.3 Å². The molecule has 0 radical (unpaired) electrons. The Morgan fingerprint density at radius 3 is 2.57 bits per heavy atom. The molecule has 5 heteroatoms. The first kappa shape index (κ1) is 15.1. The molecule has 1 aromatic carbocycles. The van der Waals surface area contributed by atoms with Crippen molar-refractivity contribution in [1.82, 2.24) is 5.32 Å². The average molecular weight is 288 g/mol. The fourth-order valence-electron chi connectivity index (χ4n) is 1.98. The normalized spacial score (nSPS) is 12.0. The Morgan fingerprint density at radius 1 is 1.29 bits per heavy atom. The first-order chi connectivity index (χ1) is 10.1. The third-order valence-electron chi connectivity index (χ3n) is 3.13. The molecule has 0 bridgehead atoms. The molecule has 0 aliphatic rings. The van der Waals surface area contributed by atoms with E-state index in [2.05, 4.69) is 5.32 Å². The molecule has 0 aliphatic carbocycles. The number of rotatable bonds is 6. The molecule has 1 amide bonds. The number of nitrogens with one attached hydrogen (secondary N) is 1. The fourth-order valence-corrected chi connectivity index (χ4v) is 1.98. The summed E-state index contributed by atoms with van der Waals surface area (Å²) < 4.78 is 10.7. The predicted molar refractivity (Wildman–Crippen MR) is 80.1 cm³/mol. The maximum absolute atomic E-state index is 12.1. The summed E-state index contributed by atoms with van der Waals surface area (Å²) in [5.74, 6) is 1.43. The average Bonchev–Trinajstić information content (AvgIpc) is 2.97. The maximum atomic E-state index is 12.1. The van der Waals surface area contributed by atoms with Gasteiger partial charge < -0.3 is 20.2 Å². The van der Waals surface area contributed by atoms with E-state index in [0.29, 0.717) is 12.4 Å². The molecule has 112 valence electrons. The topological polar surface area (TPSA) is 77.5 Å². The van der Waals surface area contributed by atoms with Gasteiger partial charge in [0.15, 0.2) is 5.76 Å². The van der Waals surface area contributed by atoms with Gasteiger partial charge in [-0.25, -0.2) is 0 Å². The summed E-state index contributed by atoms with van der Waals surface area (Å²) in [6, 6.07) is 10.9. The van der Waals surface area contributed by atoms with Crippen LogP contribution < -0.4 is 15.8 Å². The Morgan fingerprint density at radius 2 is 2.00 bits per heavy atom. The molecule has 3 N–H and O–H groups in total. The number of benzene rings is 1. The van der Waals surface area contributed by atoms with Gasteiger partial charge in [-0.3, -0.25) is 4.79 Å². The summed E-state index contributed by atoms with van der Waals surface area (Å²) in [5, 5.41) is 2.89. The lowest BCUT2D eigenvalue weighted by atomic mass is 10.1. The zero-order chi connectivity index (χ0) is 15.2. The van der Waals surface area contributed by atoms with E-state index in [1.807, 2.05) is 38.1 Å². The Hall–Kier alpha value is -2.27. The second-order valence-electron chi connectivity index (χ2n) is 4.67. The van der Waals surface area contributed by atoms with Gasteiger partial charge in [0.05, 0.1) is 19.2 Å². The van der Waals surface area contributed by atoms with E-state index in [1.165, 1.54) is 0 Å². The van der Waals surface area contributed by atoms with Crippen molar-refractivity contribution in [2.24, 2.45) is 5.73 Å². The summed E-state index contributed by atoms with van der Waals surface area (Å²) in [4.78, 5) is 12.1. The third kappa shape index (κ3) is 3.86. The highest BCUT2D eigenvalue weighted by molar-refractivity contribution is 5.91. The molecular formula is C16H20N2O3. The van der Waals surface area contributed by atoms with Crippen LogP contribution in [0.15, 0.2) is 40.8 Å². The lowest BCUT2D eigenvalue weighted by molar-refractivity contribution is 0.0910. The summed E-state index contributed by atoms with van der Waals surface area (Å²) in [7, 11) is 0. The Kier molecular flexibility index (Phi) is 5.00. The van der Waals surface area contributed by atoms with Crippen molar-refractivity contribution < 1.29 is 13.9 Å². The van der Waals surface area contributed by atoms with Crippen molar-refractivity contribution in [3.8, 4) is 5.75 Å². The smallest absolute Gasteiger partial charge is 0.287 e. The largest absolute Gasteiger partial charge is 0.494 e. The number of amides is 1. The quantitative estimate of drug-likeness (QED) is 0.856. The lowest BCUT2D eigenvalue weighted by Gasteiger charge is -2.14. The predicted octanol–water partition coefficient (Wildman–Crippen LogP) is 2.63. The number of carbonyl (C=O) groups excluding carboxylic acids is 1. The highest BCUT2D eigenvalue weighted by Gasteiger charge is 2.14. The van der Waals surface area contributed by atoms with E-state index >= 15 is 0 Å². The molecule has 0 spiro atoms. The van der Waals surface area contributed by atoms with Crippen molar-refractivity contribution in [3.63, 3.8) is 0 Å². The molecule has 1 aromatic heterocycles. The van der Waals surface area contributed by atoms with Crippen LogP contribution in [0.25, 0.3) is 0 Å². The van der Waals surface area contributed by atoms with Gasteiger partial charge in [0.1, 0.15) is 11.5 Å². The van der Waals surface area contributed by atoms with Crippen LogP contribution in [0.5, 0.6) is 5.75 Å². The van der Waals surface area contributed by atoms with Gasteiger partial charge in [-0.2, -0.15) is 0 Å². The summed E-state index contributed by atoms with van der Waals surface area (Å²) >= 11 is 0. The standard InChI is InChI=1S/C16H20N2O3/c1-3-20-13-6-4-12(5-7-13)11(2)18-16(19)15-9-8-14(10-17)21-15/h4-9,11H,3,10,17H2,1-2H3,(H,18,19).